The molecule has 3 heteroatoms. The summed E-state index contributed by atoms with van der Waals surface area (Å²) in [6, 6.07) is 28.0. The first-order valence-corrected chi connectivity index (χ1v) is 8.83. The van der Waals surface area contributed by atoms with Gasteiger partial charge in [-0.25, -0.2) is 0 Å². The molecule has 3 aromatic carbocycles. The highest BCUT2D eigenvalue weighted by molar-refractivity contribution is 6.33. The number of nitrogens with zero attached hydrogens (tertiary/aromatic N) is 1. The molecule has 0 aromatic heterocycles. The Morgan fingerprint density at radius 3 is 1.68 bits per heavy atom. The maximum absolute atomic E-state index is 12.3. The summed E-state index contributed by atoms with van der Waals surface area (Å²) in [5, 5.41) is -0.467. The second kappa shape index (κ2) is 8.00. The molecule has 0 fully saturated rings. The fourth-order valence-corrected chi connectivity index (χ4v) is 2.87. The van der Waals surface area contributed by atoms with Crippen molar-refractivity contribution in [2.45, 2.75) is 18.7 Å². The minimum atomic E-state index is -0.467. The minimum absolute atomic E-state index is 0.0262. The first-order chi connectivity index (χ1) is 12.2. The van der Waals surface area contributed by atoms with Gasteiger partial charge in [-0.3, -0.25) is 4.79 Å². The fraction of sp³-hybridized carbons (Fsp3) is 0.136. The van der Waals surface area contributed by atoms with Crippen LogP contribution in [-0.2, 0) is 0 Å². The van der Waals surface area contributed by atoms with Crippen LogP contribution in [0.3, 0.4) is 0 Å². The van der Waals surface area contributed by atoms with Crippen molar-refractivity contribution in [3.63, 3.8) is 0 Å². The van der Waals surface area contributed by atoms with Gasteiger partial charge in [-0.05, 0) is 55.0 Å². The van der Waals surface area contributed by atoms with Gasteiger partial charge in [0.25, 0.3) is 0 Å². The van der Waals surface area contributed by atoms with Gasteiger partial charge in [0, 0.05) is 22.6 Å². The predicted molar refractivity (Wildman–Crippen MR) is 105 cm³/mol. The van der Waals surface area contributed by atoms with Crippen LogP contribution in [-0.4, -0.2) is 11.2 Å². The number of Topliss-reactive ketones (excluding diaryl/α,β-unsaturated/α-hetero) is 1. The van der Waals surface area contributed by atoms with E-state index in [1.807, 2.05) is 67.6 Å². The van der Waals surface area contributed by atoms with Crippen molar-refractivity contribution in [3.8, 4) is 0 Å². The number of carbonyl (C=O) groups is 1. The summed E-state index contributed by atoms with van der Waals surface area (Å²) in [5.74, 6) is -0.0262. The van der Waals surface area contributed by atoms with E-state index in [1.165, 1.54) is 0 Å². The summed E-state index contributed by atoms with van der Waals surface area (Å²) in [5.41, 5.74) is 3.77. The molecule has 0 bridgehead atoms. The fourth-order valence-electron chi connectivity index (χ4n) is 2.74. The van der Waals surface area contributed by atoms with Crippen LogP contribution in [0.1, 0.15) is 23.7 Å². The lowest BCUT2D eigenvalue weighted by atomic mass is 10.1. The Morgan fingerprint density at radius 1 is 0.800 bits per heavy atom. The Kier molecular flexibility index (Phi) is 5.52. The zero-order valence-electron chi connectivity index (χ0n) is 14.1. The number of hydrogen-bond acceptors (Lipinski definition) is 2. The smallest absolute Gasteiger partial charge is 0.180 e. The van der Waals surface area contributed by atoms with Gasteiger partial charge in [0.2, 0.25) is 0 Å². The molecular formula is C22H20ClNO. The van der Waals surface area contributed by atoms with E-state index < -0.39 is 5.38 Å². The van der Waals surface area contributed by atoms with Crippen LogP contribution in [0, 0.1) is 0 Å². The summed E-state index contributed by atoms with van der Waals surface area (Å²) in [6.45, 7) is 1.91. The average Bonchev–Trinajstić information content (AvgIpc) is 2.69. The van der Waals surface area contributed by atoms with Gasteiger partial charge in [0.15, 0.2) is 5.78 Å². The number of halogens is 1. The van der Waals surface area contributed by atoms with Crippen LogP contribution in [0.15, 0.2) is 84.9 Å². The van der Waals surface area contributed by atoms with Crippen molar-refractivity contribution in [3.05, 3.63) is 90.5 Å². The molecular weight excluding hydrogens is 330 g/mol. The molecule has 0 spiro atoms. The largest absolute Gasteiger partial charge is 0.311 e. The lowest BCUT2D eigenvalue weighted by Gasteiger charge is -2.25. The maximum Gasteiger partial charge on any atom is 0.180 e. The monoisotopic (exact) mass is 349 g/mol. The highest BCUT2D eigenvalue weighted by atomic mass is 35.5. The molecule has 0 radical (unpaired) electrons. The molecule has 126 valence electrons. The normalized spacial score (nSPS) is 11.8. The second-order valence-corrected chi connectivity index (χ2v) is 6.32. The number of rotatable bonds is 6. The molecule has 3 aromatic rings. The van der Waals surface area contributed by atoms with Gasteiger partial charge in [-0.1, -0.05) is 43.3 Å². The van der Waals surface area contributed by atoms with Crippen molar-refractivity contribution < 1.29 is 4.79 Å². The zero-order valence-corrected chi connectivity index (χ0v) is 14.9. The first-order valence-electron chi connectivity index (χ1n) is 8.39. The number of alkyl halides is 1. The molecule has 2 nitrogen and oxygen atoms in total. The lowest BCUT2D eigenvalue weighted by Crippen LogP contribution is -2.14. The van der Waals surface area contributed by atoms with Crippen molar-refractivity contribution in [1.29, 1.82) is 0 Å². The van der Waals surface area contributed by atoms with Gasteiger partial charge in [-0.15, -0.1) is 11.6 Å². The molecule has 0 heterocycles. The summed E-state index contributed by atoms with van der Waals surface area (Å²) in [4.78, 5) is 14.4. The molecule has 1 unspecified atom stereocenters. The van der Waals surface area contributed by atoms with Crippen molar-refractivity contribution in [1.82, 2.24) is 0 Å². The third-order valence-corrected chi connectivity index (χ3v) is 4.59. The molecule has 0 aliphatic heterocycles. The molecule has 0 saturated carbocycles. The Morgan fingerprint density at radius 2 is 1.24 bits per heavy atom. The first kappa shape index (κ1) is 17.2. The molecule has 0 aliphatic carbocycles. The van der Waals surface area contributed by atoms with E-state index in [-0.39, 0.29) is 5.78 Å². The minimum Gasteiger partial charge on any atom is -0.311 e. The molecule has 0 amide bonds. The van der Waals surface area contributed by atoms with Crippen LogP contribution >= 0.6 is 11.6 Å². The summed E-state index contributed by atoms with van der Waals surface area (Å²) < 4.78 is 0. The second-order valence-electron chi connectivity index (χ2n) is 5.79. The Labute approximate surface area is 153 Å². The van der Waals surface area contributed by atoms with Gasteiger partial charge in [0.1, 0.15) is 0 Å². The van der Waals surface area contributed by atoms with Crippen molar-refractivity contribution in [2.75, 3.05) is 4.90 Å². The number of ketones is 1. The van der Waals surface area contributed by atoms with Crippen LogP contribution in [0.2, 0.25) is 0 Å². The quantitative estimate of drug-likeness (QED) is 0.381. The molecule has 0 N–H and O–H groups in total. The van der Waals surface area contributed by atoms with Gasteiger partial charge in [-0.2, -0.15) is 0 Å². The Balaban J connectivity index is 1.99. The third-order valence-electron chi connectivity index (χ3n) is 4.08. The Hall–Kier alpha value is -2.58. The molecule has 3 rings (SSSR count). The van der Waals surface area contributed by atoms with E-state index in [1.54, 1.807) is 0 Å². The van der Waals surface area contributed by atoms with Gasteiger partial charge < -0.3 is 4.90 Å². The highest BCUT2D eigenvalue weighted by Gasteiger charge is 2.16. The summed E-state index contributed by atoms with van der Waals surface area (Å²) in [6.07, 6.45) is 0.627. The van der Waals surface area contributed by atoms with E-state index in [0.29, 0.717) is 12.0 Å². The van der Waals surface area contributed by atoms with E-state index >= 15 is 0 Å². The topological polar surface area (TPSA) is 20.3 Å². The standard InChI is InChI=1S/C22H20ClNO/c1-2-21(23)22(25)17-13-15-20(16-14-17)24(18-9-5-3-6-10-18)19-11-7-4-8-12-19/h3-16,21H,2H2,1H3. The van der Waals surface area contributed by atoms with Crippen molar-refractivity contribution in [2.24, 2.45) is 0 Å². The van der Waals surface area contributed by atoms with E-state index in [9.17, 15) is 4.79 Å². The number of carbonyl (C=O) groups excluding carboxylic acids is 1. The van der Waals surface area contributed by atoms with Crippen LogP contribution in [0.25, 0.3) is 0 Å². The number of anilines is 3. The third kappa shape index (κ3) is 3.92. The predicted octanol–water partition coefficient (Wildman–Crippen LogP) is 6.36. The van der Waals surface area contributed by atoms with Crippen LogP contribution in [0.4, 0.5) is 17.1 Å². The number of hydrogen-bond donors (Lipinski definition) is 0. The maximum atomic E-state index is 12.3. The van der Waals surface area contributed by atoms with Crippen molar-refractivity contribution >= 4 is 34.4 Å². The molecule has 0 aliphatic rings. The van der Waals surface area contributed by atoms with Crippen LogP contribution < -0.4 is 4.90 Å². The average molecular weight is 350 g/mol. The SMILES string of the molecule is CCC(Cl)C(=O)c1ccc(N(c2ccccc2)c2ccccc2)cc1. The van der Waals surface area contributed by atoms with Gasteiger partial charge in [0.05, 0.1) is 5.38 Å². The zero-order chi connectivity index (χ0) is 17.6. The van der Waals surface area contributed by atoms with E-state index in [4.69, 9.17) is 11.6 Å². The highest BCUT2D eigenvalue weighted by Crippen LogP contribution is 2.34. The molecule has 0 saturated heterocycles. The lowest BCUT2D eigenvalue weighted by molar-refractivity contribution is 0.0985. The van der Waals surface area contributed by atoms with E-state index in [0.717, 1.165) is 17.1 Å². The van der Waals surface area contributed by atoms with E-state index in [2.05, 4.69) is 29.2 Å². The Bertz CT molecular complexity index is 776. The molecule has 1 atom stereocenters. The summed E-state index contributed by atoms with van der Waals surface area (Å²) >= 11 is 6.08. The number of benzene rings is 3. The molecule has 25 heavy (non-hydrogen) atoms. The van der Waals surface area contributed by atoms with Gasteiger partial charge >= 0.3 is 0 Å². The summed E-state index contributed by atoms with van der Waals surface area (Å²) in [7, 11) is 0. The van der Waals surface area contributed by atoms with Crippen LogP contribution in [0.5, 0.6) is 0 Å². The number of para-hydroxylation sites is 2.